The molecule has 7 heteroatoms. The fourth-order valence-corrected chi connectivity index (χ4v) is 1.41. The van der Waals surface area contributed by atoms with E-state index in [1.807, 2.05) is 30.3 Å². The number of azide groups is 1. The van der Waals surface area contributed by atoms with Gasteiger partial charge in [0.15, 0.2) is 0 Å². The number of carbonyl (C=O) groups is 2. The largest absolute Gasteiger partial charge is 0.469 e. The highest BCUT2D eigenvalue weighted by atomic mass is 16.5. The standard InChI is InChI=1S/C12H14N4O3/c1-19-12(18)10(15-16-13)7-11(17)14-8-9-5-3-2-4-6-9/h2-6,10H,7-8H2,1H3,(H,14,17)/t10-/m0/s1. The molecule has 1 atom stereocenters. The van der Waals surface area contributed by atoms with Crippen molar-refractivity contribution in [1.29, 1.82) is 0 Å². The molecule has 1 rings (SSSR count). The predicted octanol–water partition coefficient (Wildman–Crippen LogP) is 1.54. The number of amides is 1. The molecular weight excluding hydrogens is 248 g/mol. The third kappa shape index (κ3) is 5.10. The van der Waals surface area contributed by atoms with E-state index in [4.69, 9.17) is 5.53 Å². The zero-order chi connectivity index (χ0) is 14.1. The number of esters is 1. The Bertz CT molecular complexity index is 483. The van der Waals surface area contributed by atoms with Gasteiger partial charge in [0.2, 0.25) is 5.91 Å². The van der Waals surface area contributed by atoms with Crippen LogP contribution in [0, 0.1) is 0 Å². The maximum absolute atomic E-state index is 11.6. The molecule has 1 N–H and O–H groups in total. The van der Waals surface area contributed by atoms with Gasteiger partial charge in [-0.2, -0.15) is 0 Å². The van der Waals surface area contributed by atoms with Gasteiger partial charge in [0.1, 0.15) is 6.04 Å². The molecule has 0 unspecified atom stereocenters. The summed E-state index contributed by atoms with van der Waals surface area (Å²) in [5.74, 6) is -1.11. The minimum Gasteiger partial charge on any atom is -0.469 e. The molecule has 0 aromatic heterocycles. The van der Waals surface area contributed by atoms with Crippen LogP contribution in [0.3, 0.4) is 0 Å². The monoisotopic (exact) mass is 262 g/mol. The number of rotatable bonds is 6. The first-order valence-corrected chi connectivity index (χ1v) is 5.60. The summed E-state index contributed by atoms with van der Waals surface area (Å²) in [6.45, 7) is 0.351. The Morgan fingerprint density at radius 3 is 2.68 bits per heavy atom. The summed E-state index contributed by atoms with van der Waals surface area (Å²) in [4.78, 5) is 25.4. The maximum atomic E-state index is 11.6. The zero-order valence-electron chi connectivity index (χ0n) is 10.4. The van der Waals surface area contributed by atoms with Crippen molar-refractivity contribution in [3.05, 3.63) is 46.3 Å². The number of hydrogen-bond acceptors (Lipinski definition) is 4. The van der Waals surface area contributed by atoms with E-state index < -0.39 is 12.0 Å². The molecule has 0 saturated carbocycles. The lowest BCUT2D eigenvalue weighted by atomic mass is 10.2. The molecule has 1 aromatic rings. The normalized spacial score (nSPS) is 11.0. The zero-order valence-corrected chi connectivity index (χ0v) is 10.4. The maximum Gasteiger partial charge on any atom is 0.315 e. The van der Waals surface area contributed by atoms with E-state index in [-0.39, 0.29) is 12.3 Å². The molecule has 1 amide bonds. The Balaban J connectivity index is 2.49. The van der Waals surface area contributed by atoms with Crippen LogP contribution >= 0.6 is 0 Å². The summed E-state index contributed by atoms with van der Waals surface area (Å²) in [5.41, 5.74) is 9.26. The molecular formula is C12H14N4O3. The number of methoxy groups -OCH3 is 1. The molecule has 0 spiro atoms. The molecule has 19 heavy (non-hydrogen) atoms. The predicted molar refractivity (Wildman–Crippen MR) is 67.9 cm³/mol. The Hall–Kier alpha value is -2.53. The smallest absolute Gasteiger partial charge is 0.315 e. The van der Waals surface area contributed by atoms with Crippen LogP contribution in [-0.4, -0.2) is 25.0 Å². The number of hydrogen-bond donors (Lipinski definition) is 1. The second kappa shape index (κ2) is 7.73. The number of carbonyl (C=O) groups excluding carboxylic acids is 2. The molecule has 0 saturated heterocycles. The minimum atomic E-state index is -1.13. The Morgan fingerprint density at radius 2 is 2.11 bits per heavy atom. The molecule has 0 aliphatic heterocycles. The van der Waals surface area contributed by atoms with Crippen molar-refractivity contribution in [2.45, 2.75) is 19.0 Å². The summed E-state index contributed by atoms with van der Waals surface area (Å²) in [5, 5.41) is 5.87. The van der Waals surface area contributed by atoms with E-state index >= 15 is 0 Å². The molecule has 1 aromatic carbocycles. The molecule has 0 bridgehead atoms. The van der Waals surface area contributed by atoms with Crippen LogP contribution in [0.5, 0.6) is 0 Å². The van der Waals surface area contributed by atoms with Crippen molar-refractivity contribution in [1.82, 2.24) is 5.32 Å². The van der Waals surface area contributed by atoms with Crippen LogP contribution in [0.15, 0.2) is 35.4 Å². The van der Waals surface area contributed by atoms with Gasteiger partial charge in [-0.25, -0.2) is 0 Å². The number of ether oxygens (including phenoxy) is 1. The van der Waals surface area contributed by atoms with E-state index in [9.17, 15) is 9.59 Å². The van der Waals surface area contributed by atoms with Gasteiger partial charge in [-0.15, -0.1) is 0 Å². The average molecular weight is 262 g/mol. The summed E-state index contributed by atoms with van der Waals surface area (Å²) in [6, 6.07) is 8.19. The Morgan fingerprint density at radius 1 is 1.42 bits per heavy atom. The van der Waals surface area contributed by atoms with E-state index in [2.05, 4.69) is 20.1 Å². The fourth-order valence-electron chi connectivity index (χ4n) is 1.41. The van der Waals surface area contributed by atoms with Crippen LogP contribution in [0.25, 0.3) is 10.4 Å². The van der Waals surface area contributed by atoms with E-state index in [1.54, 1.807) is 0 Å². The highest BCUT2D eigenvalue weighted by Crippen LogP contribution is 2.03. The van der Waals surface area contributed by atoms with Crippen molar-refractivity contribution in [3.63, 3.8) is 0 Å². The number of nitrogens with zero attached hydrogens (tertiary/aromatic N) is 3. The second-order valence-electron chi connectivity index (χ2n) is 3.71. The van der Waals surface area contributed by atoms with Gasteiger partial charge >= 0.3 is 5.97 Å². The van der Waals surface area contributed by atoms with Gasteiger partial charge < -0.3 is 10.1 Å². The second-order valence-corrected chi connectivity index (χ2v) is 3.71. The van der Waals surface area contributed by atoms with Gasteiger partial charge in [0, 0.05) is 17.9 Å². The van der Waals surface area contributed by atoms with Gasteiger partial charge in [0.25, 0.3) is 0 Å². The Labute approximate surface area is 110 Å². The van der Waals surface area contributed by atoms with Gasteiger partial charge in [-0.05, 0) is 11.1 Å². The van der Waals surface area contributed by atoms with Crippen LogP contribution in [0.4, 0.5) is 0 Å². The van der Waals surface area contributed by atoms with Crippen LogP contribution in [0.2, 0.25) is 0 Å². The first-order valence-electron chi connectivity index (χ1n) is 5.60. The van der Waals surface area contributed by atoms with Crippen molar-refractivity contribution in [3.8, 4) is 0 Å². The Kier molecular flexibility index (Phi) is 5.91. The molecule has 0 radical (unpaired) electrons. The number of benzene rings is 1. The van der Waals surface area contributed by atoms with E-state index in [1.165, 1.54) is 7.11 Å². The van der Waals surface area contributed by atoms with Crippen molar-refractivity contribution < 1.29 is 14.3 Å². The van der Waals surface area contributed by atoms with Crippen LogP contribution in [0.1, 0.15) is 12.0 Å². The lowest BCUT2D eigenvalue weighted by molar-refractivity contribution is -0.143. The molecule has 0 fully saturated rings. The molecule has 0 heterocycles. The van der Waals surface area contributed by atoms with Crippen molar-refractivity contribution >= 4 is 11.9 Å². The first kappa shape index (κ1) is 14.5. The third-order valence-electron chi connectivity index (χ3n) is 2.38. The van der Waals surface area contributed by atoms with Gasteiger partial charge in [-0.1, -0.05) is 35.4 Å². The van der Waals surface area contributed by atoms with Crippen molar-refractivity contribution in [2.24, 2.45) is 5.11 Å². The van der Waals surface area contributed by atoms with Crippen molar-refractivity contribution in [2.75, 3.05) is 7.11 Å². The first-order chi connectivity index (χ1) is 9.17. The molecule has 0 aliphatic rings. The van der Waals surface area contributed by atoms with E-state index in [0.29, 0.717) is 6.54 Å². The lowest BCUT2D eigenvalue weighted by Gasteiger charge is -2.09. The summed E-state index contributed by atoms with van der Waals surface area (Å²) >= 11 is 0. The third-order valence-corrected chi connectivity index (χ3v) is 2.38. The fraction of sp³-hybridized carbons (Fsp3) is 0.333. The quantitative estimate of drug-likeness (QED) is 0.364. The highest BCUT2D eigenvalue weighted by molar-refractivity contribution is 5.85. The lowest BCUT2D eigenvalue weighted by Crippen LogP contribution is -2.30. The van der Waals surface area contributed by atoms with Crippen LogP contribution in [-0.2, 0) is 20.9 Å². The SMILES string of the molecule is COC(=O)[C@H](CC(=O)NCc1ccccc1)N=[N+]=[N-]. The molecule has 100 valence electrons. The summed E-state index contributed by atoms with van der Waals surface area (Å²) in [6.07, 6.45) is -0.233. The van der Waals surface area contributed by atoms with Crippen LogP contribution < -0.4 is 5.32 Å². The van der Waals surface area contributed by atoms with E-state index in [0.717, 1.165) is 5.56 Å². The average Bonchev–Trinajstić information content (AvgIpc) is 2.45. The number of nitrogens with one attached hydrogen (secondary N) is 1. The van der Waals surface area contributed by atoms with Gasteiger partial charge in [-0.3, -0.25) is 9.59 Å². The summed E-state index contributed by atoms with van der Waals surface area (Å²) in [7, 11) is 1.17. The topological polar surface area (TPSA) is 104 Å². The molecule has 0 aliphatic carbocycles. The highest BCUT2D eigenvalue weighted by Gasteiger charge is 2.20. The summed E-state index contributed by atoms with van der Waals surface area (Å²) < 4.78 is 4.44. The minimum absolute atomic E-state index is 0.233. The van der Waals surface area contributed by atoms with Gasteiger partial charge in [0.05, 0.1) is 7.11 Å². The molecule has 7 nitrogen and oxygen atoms in total.